The molecule has 0 fully saturated rings. The number of aryl methyl sites for hydroxylation is 1. The van der Waals surface area contributed by atoms with Gasteiger partial charge >= 0.3 is 0 Å². The molecule has 0 aliphatic carbocycles. The van der Waals surface area contributed by atoms with E-state index in [1.165, 1.54) is 21.9 Å². The fourth-order valence-corrected chi connectivity index (χ4v) is 2.93. The Bertz CT molecular complexity index is 699. The van der Waals surface area contributed by atoms with Gasteiger partial charge in [0.05, 0.1) is 6.26 Å². The quantitative estimate of drug-likeness (QED) is 0.588. The molecule has 1 aromatic heterocycles. The van der Waals surface area contributed by atoms with Crippen molar-refractivity contribution < 1.29 is 4.42 Å². The van der Waals surface area contributed by atoms with E-state index in [2.05, 4.69) is 64.5 Å². The third kappa shape index (κ3) is 2.74. The van der Waals surface area contributed by atoms with Gasteiger partial charge in [0.1, 0.15) is 5.76 Å². The first-order chi connectivity index (χ1) is 9.22. The SMILES string of the molecule is Cc1cc(C(Br)Cc2ccc3ccccc3c2)co1. The van der Waals surface area contributed by atoms with Crippen molar-refractivity contribution in [2.24, 2.45) is 0 Å². The molecule has 0 radical (unpaired) electrons. The second kappa shape index (κ2) is 5.22. The molecule has 3 aromatic rings. The van der Waals surface area contributed by atoms with Crippen molar-refractivity contribution >= 4 is 26.7 Å². The van der Waals surface area contributed by atoms with E-state index in [-0.39, 0.29) is 0 Å². The lowest BCUT2D eigenvalue weighted by molar-refractivity contribution is 0.531. The van der Waals surface area contributed by atoms with Gasteiger partial charge in [-0.05, 0) is 35.7 Å². The van der Waals surface area contributed by atoms with Gasteiger partial charge in [-0.1, -0.05) is 58.4 Å². The molecule has 2 aromatic carbocycles. The minimum atomic E-state index is 0.297. The van der Waals surface area contributed by atoms with Crippen molar-refractivity contribution in [3.8, 4) is 0 Å². The van der Waals surface area contributed by atoms with Crippen molar-refractivity contribution in [2.75, 3.05) is 0 Å². The molecule has 3 rings (SSSR count). The van der Waals surface area contributed by atoms with Gasteiger partial charge in [0.2, 0.25) is 0 Å². The highest BCUT2D eigenvalue weighted by molar-refractivity contribution is 9.09. The van der Waals surface area contributed by atoms with Gasteiger partial charge in [-0.3, -0.25) is 0 Å². The Kier molecular flexibility index (Phi) is 3.43. The third-order valence-electron chi connectivity index (χ3n) is 3.34. The largest absolute Gasteiger partial charge is 0.469 e. The summed E-state index contributed by atoms with van der Waals surface area (Å²) in [6, 6.07) is 17.2. The van der Waals surface area contributed by atoms with Crippen LogP contribution in [-0.4, -0.2) is 0 Å². The zero-order valence-corrected chi connectivity index (χ0v) is 12.4. The maximum Gasteiger partial charge on any atom is 0.101 e. The smallest absolute Gasteiger partial charge is 0.101 e. The molecule has 0 saturated heterocycles. The molecule has 1 nitrogen and oxygen atoms in total. The van der Waals surface area contributed by atoms with Gasteiger partial charge < -0.3 is 4.42 Å². The van der Waals surface area contributed by atoms with Crippen molar-refractivity contribution in [2.45, 2.75) is 18.2 Å². The predicted molar refractivity (Wildman–Crippen MR) is 82.8 cm³/mol. The van der Waals surface area contributed by atoms with Gasteiger partial charge in [-0.15, -0.1) is 0 Å². The number of alkyl halides is 1. The first kappa shape index (κ1) is 12.5. The minimum absolute atomic E-state index is 0.297. The molecule has 96 valence electrons. The van der Waals surface area contributed by atoms with Crippen LogP contribution in [0.2, 0.25) is 0 Å². The summed E-state index contributed by atoms with van der Waals surface area (Å²) in [5.74, 6) is 0.956. The van der Waals surface area contributed by atoms with Crippen LogP contribution in [0.4, 0.5) is 0 Å². The Hall–Kier alpha value is -1.54. The first-order valence-electron chi connectivity index (χ1n) is 6.39. The zero-order chi connectivity index (χ0) is 13.2. The zero-order valence-electron chi connectivity index (χ0n) is 10.8. The number of hydrogen-bond donors (Lipinski definition) is 0. The maximum atomic E-state index is 5.36. The fourth-order valence-electron chi connectivity index (χ4n) is 2.32. The third-order valence-corrected chi connectivity index (χ3v) is 4.19. The van der Waals surface area contributed by atoms with Crippen molar-refractivity contribution in [1.29, 1.82) is 0 Å². The number of rotatable bonds is 3. The Morgan fingerprint density at radius 2 is 1.84 bits per heavy atom. The molecule has 0 N–H and O–H groups in total. The number of halogens is 1. The number of furan rings is 1. The van der Waals surface area contributed by atoms with E-state index in [9.17, 15) is 0 Å². The molecule has 0 amide bonds. The molecule has 1 unspecified atom stereocenters. The molecule has 1 atom stereocenters. The van der Waals surface area contributed by atoms with Gasteiger partial charge in [-0.25, -0.2) is 0 Å². The average Bonchev–Trinajstić information content (AvgIpc) is 2.85. The molecule has 1 heterocycles. The van der Waals surface area contributed by atoms with Gasteiger partial charge in [-0.2, -0.15) is 0 Å². The van der Waals surface area contributed by atoms with Crippen LogP contribution in [0.3, 0.4) is 0 Å². The molecule has 0 aliphatic heterocycles. The molecule has 0 spiro atoms. The lowest BCUT2D eigenvalue weighted by atomic mass is 10.0. The van der Waals surface area contributed by atoms with Crippen LogP contribution in [-0.2, 0) is 6.42 Å². The van der Waals surface area contributed by atoms with Crippen molar-refractivity contribution in [3.05, 3.63) is 71.7 Å². The topological polar surface area (TPSA) is 13.1 Å². The lowest BCUT2D eigenvalue weighted by Crippen LogP contribution is -1.93. The molecular weight excluding hydrogens is 300 g/mol. The second-order valence-corrected chi connectivity index (χ2v) is 5.95. The van der Waals surface area contributed by atoms with E-state index < -0.39 is 0 Å². The monoisotopic (exact) mass is 314 g/mol. The predicted octanol–water partition coefficient (Wildman–Crippen LogP) is 5.42. The Morgan fingerprint density at radius 1 is 1.05 bits per heavy atom. The summed E-state index contributed by atoms with van der Waals surface area (Å²) in [5.41, 5.74) is 2.53. The highest BCUT2D eigenvalue weighted by Crippen LogP contribution is 2.29. The molecule has 19 heavy (non-hydrogen) atoms. The van der Waals surface area contributed by atoms with Gasteiger partial charge in [0, 0.05) is 10.4 Å². The van der Waals surface area contributed by atoms with Crippen molar-refractivity contribution in [3.63, 3.8) is 0 Å². The first-order valence-corrected chi connectivity index (χ1v) is 7.31. The van der Waals surface area contributed by atoms with E-state index in [0.717, 1.165) is 12.2 Å². The lowest BCUT2D eigenvalue weighted by Gasteiger charge is -2.08. The van der Waals surface area contributed by atoms with E-state index >= 15 is 0 Å². The van der Waals surface area contributed by atoms with E-state index in [4.69, 9.17) is 4.42 Å². The molecule has 0 aliphatic rings. The van der Waals surface area contributed by atoms with Crippen molar-refractivity contribution in [1.82, 2.24) is 0 Å². The van der Waals surface area contributed by atoms with Crippen LogP contribution in [0.1, 0.15) is 21.7 Å². The van der Waals surface area contributed by atoms with Crippen LogP contribution < -0.4 is 0 Å². The number of benzene rings is 2. The van der Waals surface area contributed by atoms with E-state index in [1.54, 1.807) is 0 Å². The molecule has 2 heteroatoms. The number of hydrogen-bond acceptors (Lipinski definition) is 1. The van der Waals surface area contributed by atoms with Crippen LogP contribution in [0.5, 0.6) is 0 Å². The summed E-state index contributed by atoms with van der Waals surface area (Å²) in [7, 11) is 0. The number of fused-ring (bicyclic) bond motifs is 1. The summed E-state index contributed by atoms with van der Waals surface area (Å²) in [5, 5.41) is 2.58. The Morgan fingerprint density at radius 3 is 2.58 bits per heavy atom. The van der Waals surface area contributed by atoms with E-state index in [1.807, 2.05) is 13.2 Å². The van der Waals surface area contributed by atoms with Crippen LogP contribution in [0.15, 0.2) is 59.2 Å². The van der Waals surface area contributed by atoms with Crippen LogP contribution >= 0.6 is 15.9 Å². The maximum absolute atomic E-state index is 5.36. The van der Waals surface area contributed by atoms with Crippen LogP contribution in [0.25, 0.3) is 10.8 Å². The average molecular weight is 315 g/mol. The van der Waals surface area contributed by atoms with Gasteiger partial charge in [0.25, 0.3) is 0 Å². The second-order valence-electron chi connectivity index (χ2n) is 4.84. The normalized spacial score (nSPS) is 12.7. The Balaban J connectivity index is 1.84. The summed E-state index contributed by atoms with van der Waals surface area (Å²) in [6.07, 6.45) is 2.79. The summed E-state index contributed by atoms with van der Waals surface area (Å²) < 4.78 is 5.36. The molecular formula is C17H15BrO. The Labute approximate surface area is 121 Å². The highest BCUT2D eigenvalue weighted by atomic mass is 79.9. The highest BCUT2D eigenvalue weighted by Gasteiger charge is 2.11. The molecule has 0 saturated carbocycles. The van der Waals surface area contributed by atoms with E-state index in [0.29, 0.717) is 4.83 Å². The van der Waals surface area contributed by atoms with Gasteiger partial charge in [0.15, 0.2) is 0 Å². The minimum Gasteiger partial charge on any atom is -0.469 e. The fraction of sp³-hybridized carbons (Fsp3) is 0.176. The van der Waals surface area contributed by atoms with Crippen LogP contribution in [0, 0.1) is 6.92 Å². The summed E-state index contributed by atoms with van der Waals surface area (Å²) >= 11 is 3.74. The standard InChI is InChI=1S/C17H15BrO/c1-12-8-16(11-19-12)17(18)10-13-6-7-14-4-2-3-5-15(14)9-13/h2-9,11,17H,10H2,1H3. The summed E-state index contributed by atoms with van der Waals surface area (Å²) in [6.45, 7) is 1.97. The molecule has 0 bridgehead atoms. The summed E-state index contributed by atoms with van der Waals surface area (Å²) in [4.78, 5) is 0.297.